The van der Waals surface area contributed by atoms with Crippen molar-refractivity contribution in [2.45, 2.75) is 27.4 Å². The predicted octanol–water partition coefficient (Wildman–Crippen LogP) is 3.74. The van der Waals surface area contributed by atoms with Gasteiger partial charge in [-0.15, -0.1) is 11.8 Å². The molecule has 0 radical (unpaired) electrons. The maximum Gasteiger partial charge on any atom is 0.310 e. The maximum atomic E-state index is 11.8. The summed E-state index contributed by atoms with van der Waals surface area (Å²) < 4.78 is 23.7. The maximum absolute atomic E-state index is 11.8. The van der Waals surface area contributed by atoms with Gasteiger partial charge in [0.1, 0.15) is 10.6 Å². The van der Waals surface area contributed by atoms with E-state index in [-0.39, 0.29) is 21.0 Å². The van der Waals surface area contributed by atoms with E-state index >= 15 is 0 Å². The molecule has 0 unspecified atom stereocenters. The van der Waals surface area contributed by atoms with Crippen LogP contribution in [0.15, 0.2) is 58.3 Å². The smallest absolute Gasteiger partial charge is 0.310 e. The van der Waals surface area contributed by atoms with Crippen LogP contribution in [0.3, 0.4) is 0 Å². The summed E-state index contributed by atoms with van der Waals surface area (Å²) in [5.74, 6) is 0. The van der Waals surface area contributed by atoms with E-state index in [2.05, 4.69) is 5.32 Å². The molecule has 0 amide bonds. The zero-order valence-corrected chi connectivity index (χ0v) is 15.3. The van der Waals surface area contributed by atoms with Crippen LogP contribution in [-0.4, -0.2) is 30.9 Å². The van der Waals surface area contributed by atoms with Crippen LogP contribution in [-0.2, 0) is 9.84 Å². The minimum Gasteiger partial charge on any atom is -0.378 e. The molecule has 2 aromatic rings. The molecule has 0 aromatic heterocycles. The lowest BCUT2D eigenvalue weighted by atomic mass is 10.2. The van der Waals surface area contributed by atoms with Crippen molar-refractivity contribution >= 4 is 33.0 Å². The fourth-order valence-corrected chi connectivity index (χ4v) is 4.71. The first-order chi connectivity index (χ1) is 11.8. The third-order valence-electron chi connectivity index (χ3n) is 4.07. The van der Waals surface area contributed by atoms with E-state index in [1.807, 2.05) is 30.3 Å². The number of nitro groups is 1. The Morgan fingerprint density at radius 1 is 1.16 bits per heavy atom. The highest BCUT2D eigenvalue weighted by Gasteiger charge is 2.44. The second-order valence-electron chi connectivity index (χ2n) is 6.13. The van der Waals surface area contributed by atoms with Crippen molar-refractivity contribution in [1.82, 2.24) is 0 Å². The van der Waals surface area contributed by atoms with Crippen molar-refractivity contribution in [3.05, 3.63) is 58.6 Å². The number of para-hydroxylation sites is 1. The fraction of sp³-hybridized carbons (Fsp3) is 0.294. The second-order valence-corrected chi connectivity index (χ2v) is 9.66. The van der Waals surface area contributed by atoms with Crippen molar-refractivity contribution in [1.29, 1.82) is 0 Å². The van der Waals surface area contributed by atoms with Gasteiger partial charge in [-0.3, -0.25) is 10.1 Å². The molecule has 6 nitrogen and oxygen atoms in total. The molecule has 25 heavy (non-hydrogen) atoms. The second kappa shape index (κ2) is 6.68. The van der Waals surface area contributed by atoms with Gasteiger partial charge in [-0.2, -0.15) is 0 Å². The van der Waals surface area contributed by atoms with Crippen molar-refractivity contribution in [3.63, 3.8) is 0 Å². The number of sulfone groups is 1. The van der Waals surface area contributed by atoms with Crippen molar-refractivity contribution < 1.29 is 13.3 Å². The van der Waals surface area contributed by atoms with Crippen LogP contribution in [0.2, 0.25) is 0 Å². The molecule has 3 rings (SSSR count). The Labute approximate surface area is 150 Å². The van der Waals surface area contributed by atoms with Crippen LogP contribution in [0, 0.1) is 10.1 Å². The Hall–Kier alpha value is -2.06. The number of benzene rings is 2. The van der Waals surface area contributed by atoms with E-state index in [1.165, 1.54) is 12.1 Å². The van der Waals surface area contributed by atoms with Gasteiger partial charge in [0.25, 0.3) is 0 Å². The Bertz CT molecular complexity index is 894. The van der Waals surface area contributed by atoms with E-state index in [4.69, 9.17) is 0 Å². The first-order valence-corrected chi connectivity index (χ1v) is 10.5. The quantitative estimate of drug-likeness (QED) is 0.583. The standard InChI is InChI=1S/C17H18N2O4S2/c1-25(22,23)15-9-5-8-14(16(15)19(20)21)18-12-17(10-11-17)24-13-6-3-2-4-7-13/h2-9,18H,10-12H2,1H3. The molecular formula is C17H18N2O4S2. The molecular weight excluding hydrogens is 360 g/mol. The Balaban J connectivity index is 1.81. The molecule has 0 atom stereocenters. The normalized spacial score (nSPS) is 15.6. The third kappa shape index (κ3) is 4.13. The van der Waals surface area contributed by atoms with Gasteiger partial charge in [-0.05, 0) is 37.1 Å². The Morgan fingerprint density at radius 3 is 2.40 bits per heavy atom. The lowest BCUT2D eigenvalue weighted by Gasteiger charge is -2.17. The molecule has 1 aliphatic rings. The number of nitrogens with zero attached hydrogens (tertiary/aromatic N) is 1. The summed E-state index contributed by atoms with van der Waals surface area (Å²) in [6, 6.07) is 14.3. The van der Waals surface area contributed by atoms with Crippen LogP contribution in [0.5, 0.6) is 0 Å². The topological polar surface area (TPSA) is 89.3 Å². The van der Waals surface area contributed by atoms with Gasteiger partial charge < -0.3 is 5.32 Å². The summed E-state index contributed by atoms with van der Waals surface area (Å²) in [7, 11) is -3.67. The van der Waals surface area contributed by atoms with Gasteiger partial charge in [-0.25, -0.2) is 8.42 Å². The van der Waals surface area contributed by atoms with Gasteiger partial charge in [0.15, 0.2) is 9.84 Å². The summed E-state index contributed by atoms with van der Waals surface area (Å²) in [5.41, 5.74) is -0.140. The Kier molecular flexibility index (Phi) is 4.75. The number of hydrogen-bond acceptors (Lipinski definition) is 6. The van der Waals surface area contributed by atoms with Crippen LogP contribution >= 0.6 is 11.8 Å². The summed E-state index contributed by atoms with van der Waals surface area (Å²) >= 11 is 1.75. The van der Waals surface area contributed by atoms with Gasteiger partial charge >= 0.3 is 5.69 Å². The SMILES string of the molecule is CS(=O)(=O)c1cccc(NCC2(Sc3ccccc3)CC2)c1[N+](=O)[O-]. The molecule has 0 bridgehead atoms. The van der Waals surface area contributed by atoms with Gasteiger partial charge in [0, 0.05) is 22.4 Å². The molecule has 1 fully saturated rings. The third-order valence-corrected chi connectivity index (χ3v) is 6.69. The van der Waals surface area contributed by atoms with Crippen LogP contribution in [0.1, 0.15) is 12.8 Å². The number of nitrogens with one attached hydrogen (secondary N) is 1. The minimum atomic E-state index is -3.67. The molecule has 132 valence electrons. The lowest BCUT2D eigenvalue weighted by Crippen LogP contribution is -2.19. The van der Waals surface area contributed by atoms with Crippen LogP contribution < -0.4 is 5.32 Å². The number of nitro benzene ring substituents is 1. The molecule has 0 spiro atoms. The van der Waals surface area contributed by atoms with Crippen molar-refractivity contribution in [2.75, 3.05) is 18.1 Å². The molecule has 1 N–H and O–H groups in total. The first-order valence-electron chi connectivity index (χ1n) is 7.76. The van der Waals surface area contributed by atoms with E-state index in [0.29, 0.717) is 6.54 Å². The number of anilines is 1. The van der Waals surface area contributed by atoms with Crippen LogP contribution in [0.4, 0.5) is 11.4 Å². The van der Waals surface area contributed by atoms with Crippen molar-refractivity contribution in [2.24, 2.45) is 0 Å². The summed E-state index contributed by atoms with van der Waals surface area (Å²) in [4.78, 5) is 11.7. The summed E-state index contributed by atoms with van der Waals surface area (Å²) in [5, 5.41) is 14.5. The van der Waals surface area contributed by atoms with E-state index < -0.39 is 14.8 Å². The summed E-state index contributed by atoms with van der Waals surface area (Å²) in [6.07, 6.45) is 3.00. The Morgan fingerprint density at radius 2 is 1.84 bits per heavy atom. The molecule has 8 heteroatoms. The molecule has 0 aliphatic heterocycles. The molecule has 1 aliphatic carbocycles. The fourth-order valence-electron chi connectivity index (χ4n) is 2.60. The van der Waals surface area contributed by atoms with Gasteiger partial charge in [0.2, 0.25) is 0 Å². The number of hydrogen-bond donors (Lipinski definition) is 1. The molecule has 0 saturated heterocycles. The monoisotopic (exact) mass is 378 g/mol. The zero-order valence-electron chi connectivity index (χ0n) is 13.6. The van der Waals surface area contributed by atoms with E-state index in [9.17, 15) is 18.5 Å². The number of rotatable bonds is 7. The lowest BCUT2D eigenvalue weighted by molar-refractivity contribution is -0.386. The van der Waals surface area contributed by atoms with E-state index in [0.717, 1.165) is 24.0 Å². The highest BCUT2D eigenvalue weighted by Crippen LogP contribution is 2.51. The number of thioether (sulfide) groups is 1. The highest BCUT2D eigenvalue weighted by molar-refractivity contribution is 8.01. The van der Waals surface area contributed by atoms with Gasteiger partial charge in [-0.1, -0.05) is 24.3 Å². The zero-order chi connectivity index (χ0) is 18.1. The van der Waals surface area contributed by atoms with Gasteiger partial charge in [0.05, 0.1) is 4.92 Å². The van der Waals surface area contributed by atoms with Crippen molar-refractivity contribution in [3.8, 4) is 0 Å². The first kappa shape index (κ1) is 17.8. The average molecular weight is 378 g/mol. The molecule has 1 saturated carbocycles. The van der Waals surface area contributed by atoms with E-state index in [1.54, 1.807) is 17.8 Å². The van der Waals surface area contributed by atoms with Crippen LogP contribution in [0.25, 0.3) is 0 Å². The molecule has 0 heterocycles. The predicted molar refractivity (Wildman–Crippen MR) is 99.0 cm³/mol. The minimum absolute atomic E-state index is 0.00365. The average Bonchev–Trinajstić information content (AvgIpc) is 3.32. The summed E-state index contributed by atoms with van der Waals surface area (Å²) in [6.45, 7) is 0.542. The highest BCUT2D eigenvalue weighted by atomic mass is 32.2. The largest absolute Gasteiger partial charge is 0.378 e. The molecule has 2 aromatic carbocycles.